The fourth-order valence-corrected chi connectivity index (χ4v) is 1.61. The summed E-state index contributed by atoms with van der Waals surface area (Å²) >= 11 is 0. The van der Waals surface area contributed by atoms with Gasteiger partial charge in [-0.25, -0.2) is 4.79 Å². The fourth-order valence-electron chi connectivity index (χ4n) is 1.61. The summed E-state index contributed by atoms with van der Waals surface area (Å²) in [4.78, 5) is 11.4. The Morgan fingerprint density at radius 1 is 1.50 bits per heavy atom. The molecule has 0 heterocycles. The van der Waals surface area contributed by atoms with Gasteiger partial charge in [0, 0.05) is 5.69 Å². The van der Waals surface area contributed by atoms with Crippen LogP contribution in [0.25, 0.3) is 0 Å². The number of nitrogen functional groups attached to an aromatic ring is 1. The van der Waals surface area contributed by atoms with Crippen LogP contribution in [0.5, 0.6) is 0 Å². The average Bonchev–Trinajstić information content (AvgIpc) is 2.15. The standard InChI is InChI=1S/C11H15NO2/c1-4-9-7(2)5-8(12)6-10(9)11(13)14-3/h5-6H,4,12H2,1-3H3. The van der Waals surface area contributed by atoms with E-state index in [1.165, 1.54) is 7.11 Å². The summed E-state index contributed by atoms with van der Waals surface area (Å²) in [6.45, 7) is 3.95. The van der Waals surface area contributed by atoms with E-state index in [1.54, 1.807) is 6.07 Å². The lowest BCUT2D eigenvalue weighted by Crippen LogP contribution is -2.08. The molecular formula is C11H15NO2. The van der Waals surface area contributed by atoms with Gasteiger partial charge < -0.3 is 10.5 Å². The summed E-state index contributed by atoms with van der Waals surface area (Å²) in [5, 5.41) is 0. The van der Waals surface area contributed by atoms with Gasteiger partial charge in [-0.3, -0.25) is 0 Å². The Bertz CT molecular complexity index is 359. The van der Waals surface area contributed by atoms with Gasteiger partial charge >= 0.3 is 5.97 Å². The molecule has 0 bridgehead atoms. The van der Waals surface area contributed by atoms with Crippen LogP contribution >= 0.6 is 0 Å². The molecule has 3 heteroatoms. The molecule has 1 aromatic carbocycles. The molecule has 3 nitrogen and oxygen atoms in total. The lowest BCUT2D eigenvalue weighted by atomic mass is 9.99. The summed E-state index contributed by atoms with van der Waals surface area (Å²) < 4.78 is 4.69. The van der Waals surface area contributed by atoms with Gasteiger partial charge in [-0.2, -0.15) is 0 Å². The molecule has 76 valence electrons. The molecule has 0 aliphatic carbocycles. The Morgan fingerprint density at radius 2 is 2.14 bits per heavy atom. The number of ether oxygens (including phenoxy) is 1. The van der Waals surface area contributed by atoms with Crippen molar-refractivity contribution in [3.05, 3.63) is 28.8 Å². The normalized spacial score (nSPS) is 9.93. The molecule has 14 heavy (non-hydrogen) atoms. The van der Waals surface area contributed by atoms with Crippen LogP contribution in [-0.4, -0.2) is 13.1 Å². The molecule has 0 saturated heterocycles. The molecule has 0 unspecified atom stereocenters. The van der Waals surface area contributed by atoms with Crippen molar-refractivity contribution >= 4 is 11.7 Å². The van der Waals surface area contributed by atoms with E-state index in [4.69, 9.17) is 10.5 Å². The van der Waals surface area contributed by atoms with Crippen LogP contribution < -0.4 is 5.73 Å². The van der Waals surface area contributed by atoms with Gasteiger partial charge in [0.05, 0.1) is 12.7 Å². The molecule has 0 saturated carbocycles. The zero-order valence-corrected chi connectivity index (χ0v) is 8.76. The first-order chi connectivity index (χ1) is 6.60. The van der Waals surface area contributed by atoms with Gasteiger partial charge in [0.2, 0.25) is 0 Å². The Kier molecular flexibility index (Phi) is 3.12. The van der Waals surface area contributed by atoms with E-state index < -0.39 is 0 Å². The molecular weight excluding hydrogens is 178 g/mol. The lowest BCUT2D eigenvalue weighted by molar-refractivity contribution is 0.0599. The van der Waals surface area contributed by atoms with Crippen molar-refractivity contribution < 1.29 is 9.53 Å². The first-order valence-electron chi connectivity index (χ1n) is 4.57. The van der Waals surface area contributed by atoms with Gasteiger partial charge in [-0.1, -0.05) is 6.92 Å². The number of rotatable bonds is 2. The largest absolute Gasteiger partial charge is 0.465 e. The van der Waals surface area contributed by atoms with Crippen LogP contribution in [0.2, 0.25) is 0 Å². The van der Waals surface area contributed by atoms with Gasteiger partial charge in [0.1, 0.15) is 0 Å². The quantitative estimate of drug-likeness (QED) is 0.576. The minimum absolute atomic E-state index is 0.322. The molecule has 0 aromatic heterocycles. The number of aryl methyl sites for hydroxylation is 1. The van der Waals surface area contributed by atoms with Crippen molar-refractivity contribution in [3.63, 3.8) is 0 Å². The lowest BCUT2D eigenvalue weighted by Gasteiger charge is -2.10. The number of methoxy groups -OCH3 is 1. The molecule has 1 aromatic rings. The van der Waals surface area contributed by atoms with Crippen LogP contribution in [-0.2, 0) is 11.2 Å². The summed E-state index contributed by atoms with van der Waals surface area (Å²) in [5.74, 6) is -0.322. The number of hydrogen-bond acceptors (Lipinski definition) is 3. The van der Waals surface area contributed by atoms with E-state index >= 15 is 0 Å². The van der Waals surface area contributed by atoms with Crippen LogP contribution in [0.3, 0.4) is 0 Å². The highest BCUT2D eigenvalue weighted by Gasteiger charge is 2.13. The summed E-state index contributed by atoms with van der Waals surface area (Å²) in [6.07, 6.45) is 0.802. The van der Waals surface area contributed by atoms with E-state index in [2.05, 4.69) is 0 Å². The van der Waals surface area contributed by atoms with Crippen LogP contribution in [0.4, 0.5) is 5.69 Å². The molecule has 0 atom stereocenters. The number of benzene rings is 1. The molecule has 2 N–H and O–H groups in total. The Balaban J connectivity index is 3.32. The average molecular weight is 193 g/mol. The molecule has 0 amide bonds. The van der Waals surface area contributed by atoms with E-state index in [9.17, 15) is 4.79 Å². The minimum Gasteiger partial charge on any atom is -0.465 e. The summed E-state index contributed by atoms with van der Waals surface area (Å²) in [5.41, 5.74) is 8.88. The van der Waals surface area contributed by atoms with Gasteiger partial charge in [-0.05, 0) is 36.6 Å². The van der Waals surface area contributed by atoms with Crippen molar-refractivity contribution in [2.75, 3.05) is 12.8 Å². The predicted octanol–water partition coefficient (Wildman–Crippen LogP) is 1.93. The van der Waals surface area contributed by atoms with Gasteiger partial charge in [0.15, 0.2) is 0 Å². The molecule has 0 radical (unpaired) electrons. The number of carbonyl (C=O) groups is 1. The predicted molar refractivity (Wildman–Crippen MR) is 56.3 cm³/mol. The second-order valence-electron chi connectivity index (χ2n) is 3.21. The summed E-state index contributed by atoms with van der Waals surface area (Å²) in [7, 11) is 1.38. The molecule has 1 rings (SSSR count). The number of anilines is 1. The van der Waals surface area contributed by atoms with Gasteiger partial charge in [0.25, 0.3) is 0 Å². The van der Waals surface area contributed by atoms with Crippen molar-refractivity contribution in [3.8, 4) is 0 Å². The highest BCUT2D eigenvalue weighted by Crippen LogP contribution is 2.20. The van der Waals surface area contributed by atoms with E-state index in [1.807, 2.05) is 19.9 Å². The molecule has 0 aliphatic heterocycles. The molecule has 0 fully saturated rings. The number of carbonyl (C=O) groups excluding carboxylic acids is 1. The smallest absolute Gasteiger partial charge is 0.338 e. The Labute approximate surface area is 83.9 Å². The fraction of sp³-hybridized carbons (Fsp3) is 0.364. The molecule has 0 aliphatic rings. The summed E-state index contributed by atoms with van der Waals surface area (Å²) in [6, 6.07) is 3.53. The number of esters is 1. The number of hydrogen-bond donors (Lipinski definition) is 1. The van der Waals surface area contributed by atoms with Crippen molar-refractivity contribution in [1.82, 2.24) is 0 Å². The number of nitrogens with two attached hydrogens (primary N) is 1. The van der Waals surface area contributed by atoms with Gasteiger partial charge in [-0.15, -0.1) is 0 Å². The third kappa shape index (κ3) is 1.87. The maximum absolute atomic E-state index is 11.4. The second kappa shape index (κ2) is 4.13. The van der Waals surface area contributed by atoms with Crippen LogP contribution in [0.1, 0.15) is 28.4 Å². The first kappa shape index (κ1) is 10.6. The van der Waals surface area contributed by atoms with E-state index in [0.717, 1.165) is 17.5 Å². The maximum Gasteiger partial charge on any atom is 0.338 e. The van der Waals surface area contributed by atoms with Crippen molar-refractivity contribution in [2.45, 2.75) is 20.3 Å². The van der Waals surface area contributed by atoms with Crippen molar-refractivity contribution in [2.24, 2.45) is 0 Å². The monoisotopic (exact) mass is 193 g/mol. The van der Waals surface area contributed by atoms with Crippen LogP contribution in [0, 0.1) is 6.92 Å². The maximum atomic E-state index is 11.4. The topological polar surface area (TPSA) is 52.3 Å². The van der Waals surface area contributed by atoms with Crippen molar-refractivity contribution in [1.29, 1.82) is 0 Å². The Morgan fingerprint density at radius 3 is 2.64 bits per heavy atom. The SMILES string of the molecule is CCc1c(C)cc(N)cc1C(=O)OC. The highest BCUT2D eigenvalue weighted by molar-refractivity contribution is 5.92. The Hall–Kier alpha value is -1.51. The van der Waals surface area contributed by atoms with Crippen LogP contribution in [0.15, 0.2) is 12.1 Å². The third-order valence-corrected chi connectivity index (χ3v) is 2.25. The zero-order chi connectivity index (χ0) is 10.7. The van der Waals surface area contributed by atoms with E-state index in [-0.39, 0.29) is 5.97 Å². The highest BCUT2D eigenvalue weighted by atomic mass is 16.5. The second-order valence-corrected chi connectivity index (χ2v) is 3.21. The first-order valence-corrected chi connectivity index (χ1v) is 4.57. The zero-order valence-electron chi connectivity index (χ0n) is 8.76. The van der Waals surface area contributed by atoms with E-state index in [0.29, 0.717) is 11.3 Å². The minimum atomic E-state index is -0.322. The third-order valence-electron chi connectivity index (χ3n) is 2.25. The molecule has 0 spiro atoms.